The molecular weight excluding hydrogens is 458 g/mol. The van der Waals surface area contributed by atoms with E-state index in [4.69, 9.17) is 5.11 Å². The first-order valence-corrected chi connectivity index (χ1v) is 12.2. The van der Waals surface area contributed by atoms with Crippen LogP contribution < -0.4 is 10.6 Å². The smallest absolute Gasteiger partial charge is 0.331 e. The van der Waals surface area contributed by atoms with Crippen LogP contribution in [0, 0.1) is 17.2 Å². The molecular formula is C24H25N3O4S2. The van der Waals surface area contributed by atoms with E-state index in [1.807, 2.05) is 0 Å². The second kappa shape index (κ2) is 10.7. The van der Waals surface area contributed by atoms with E-state index in [0.717, 1.165) is 35.8 Å². The lowest BCUT2D eigenvalue weighted by atomic mass is 9.89. The molecule has 0 saturated carbocycles. The molecule has 2 aromatic rings. The highest BCUT2D eigenvalue weighted by Gasteiger charge is 2.25. The number of hydrogen-bond acceptors (Lipinski definition) is 6. The first kappa shape index (κ1) is 24.6. The fourth-order valence-corrected chi connectivity index (χ4v) is 5.71. The van der Waals surface area contributed by atoms with Crippen LogP contribution in [0.25, 0.3) is 0 Å². The summed E-state index contributed by atoms with van der Waals surface area (Å²) < 4.78 is 0. The third-order valence-corrected chi connectivity index (χ3v) is 7.63. The van der Waals surface area contributed by atoms with Crippen molar-refractivity contribution in [3.63, 3.8) is 0 Å². The third-order valence-electron chi connectivity index (χ3n) is 5.35. The number of benzene rings is 1. The van der Waals surface area contributed by atoms with Gasteiger partial charge in [-0.05, 0) is 68.9 Å². The van der Waals surface area contributed by atoms with Crippen LogP contribution in [-0.2, 0) is 27.2 Å². The largest absolute Gasteiger partial charge is 0.478 e. The predicted molar refractivity (Wildman–Crippen MR) is 131 cm³/mol. The number of thioether (sulfide) groups is 1. The number of anilines is 2. The van der Waals surface area contributed by atoms with Gasteiger partial charge in [0, 0.05) is 27.1 Å². The third kappa shape index (κ3) is 6.24. The van der Waals surface area contributed by atoms with E-state index in [9.17, 15) is 19.6 Å². The summed E-state index contributed by atoms with van der Waals surface area (Å²) in [6.07, 6.45) is 3.91. The van der Waals surface area contributed by atoms with Crippen molar-refractivity contribution in [2.45, 2.75) is 50.2 Å². The van der Waals surface area contributed by atoms with Gasteiger partial charge in [0.05, 0.1) is 10.8 Å². The number of nitriles is 1. The number of carboxylic acids is 1. The second-order valence-electron chi connectivity index (χ2n) is 8.06. The minimum absolute atomic E-state index is 0.0554. The monoisotopic (exact) mass is 483 g/mol. The highest BCUT2D eigenvalue weighted by Crippen LogP contribution is 2.39. The van der Waals surface area contributed by atoms with E-state index in [0.29, 0.717) is 22.2 Å². The van der Waals surface area contributed by atoms with Gasteiger partial charge in [-0.1, -0.05) is 6.92 Å². The van der Waals surface area contributed by atoms with Crippen molar-refractivity contribution in [1.82, 2.24) is 0 Å². The molecule has 0 bridgehead atoms. The van der Waals surface area contributed by atoms with E-state index in [2.05, 4.69) is 23.6 Å². The Morgan fingerprint density at radius 3 is 2.61 bits per heavy atom. The summed E-state index contributed by atoms with van der Waals surface area (Å²) in [5.41, 5.74) is 2.15. The molecule has 0 spiro atoms. The van der Waals surface area contributed by atoms with Crippen LogP contribution in [0.15, 0.2) is 40.8 Å². The molecule has 0 unspecified atom stereocenters. The lowest BCUT2D eigenvalue weighted by molar-refractivity contribution is -0.132. The normalized spacial score (nSPS) is 16.3. The average molecular weight is 484 g/mol. The van der Waals surface area contributed by atoms with E-state index in [-0.39, 0.29) is 11.5 Å². The zero-order valence-electron chi connectivity index (χ0n) is 18.6. The van der Waals surface area contributed by atoms with Crippen LogP contribution in [0.4, 0.5) is 10.7 Å². The molecule has 7 nitrogen and oxygen atoms in total. The Hall–Kier alpha value is -3.09. The Labute approximate surface area is 200 Å². The van der Waals surface area contributed by atoms with Crippen LogP contribution in [0.1, 0.15) is 43.2 Å². The molecule has 1 aliphatic carbocycles. The fraction of sp³-hybridized carbons (Fsp3) is 0.333. The minimum atomic E-state index is -1.15. The number of carboxylic acid groups (broad SMARTS) is 1. The van der Waals surface area contributed by atoms with Crippen molar-refractivity contribution in [2.24, 2.45) is 5.92 Å². The summed E-state index contributed by atoms with van der Waals surface area (Å²) in [5.74, 6) is -1.26. The average Bonchev–Trinajstić information content (AvgIpc) is 3.10. The highest BCUT2D eigenvalue weighted by molar-refractivity contribution is 8.00. The Kier molecular flexibility index (Phi) is 7.95. The zero-order valence-corrected chi connectivity index (χ0v) is 20.2. The number of amides is 2. The number of rotatable bonds is 7. The summed E-state index contributed by atoms with van der Waals surface area (Å²) in [5, 5.41) is 24.2. The summed E-state index contributed by atoms with van der Waals surface area (Å²) in [6.45, 7) is 5.35. The van der Waals surface area contributed by atoms with Crippen LogP contribution in [-0.4, -0.2) is 28.1 Å². The number of carbonyl (C=O) groups excluding carboxylic acids is 2. The van der Waals surface area contributed by atoms with Crippen molar-refractivity contribution >= 4 is 51.6 Å². The maximum absolute atomic E-state index is 12.8. The molecule has 1 aliphatic rings. The first-order valence-electron chi connectivity index (χ1n) is 10.5. The van der Waals surface area contributed by atoms with Crippen molar-refractivity contribution < 1.29 is 19.5 Å². The van der Waals surface area contributed by atoms with Crippen molar-refractivity contribution in [3.05, 3.63) is 51.9 Å². The molecule has 1 aromatic carbocycles. The molecule has 1 heterocycles. The van der Waals surface area contributed by atoms with Gasteiger partial charge < -0.3 is 15.7 Å². The summed E-state index contributed by atoms with van der Waals surface area (Å²) >= 11 is 2.88. The number of aliphatic carboxylic acids is 1. The number of nitrogens with one attached hydrogen (secondary N) is 2. The molecule has 0 fully saturated rings. The number of fused-ring (bicyclic) bond motifs is 1. The lowest BCUT2D eigenvalue weighted by Gasteiger charge is -2.17. The van der Waals surface area contributed by atoms with Crippen LogP contribution in [0.2, 0.25) is 0 Å². The molecule has 1 aromatic heterocycles. The van der Waals surface area contributed by atoms with E-state index in [1.165, 1.54) is 34.9 Å². The molecule has 0 radical (unpaired) electrons. The maximum atomic E-state index is 12.8. The van der Waals surface area contributed by atoms with Crippen molar-refractivity contribution in [1.29, 1.82) is 5.26 Å². The van der Waals surface area contributed by atoms with Crippen LogP contribution in [0.3, 0.4) is 0 Å². The summed E-state index contributed by atoms with van der Waals surface area (Å²) in [6, 6.07) is 9.22. The Bertz CT molecular complexity index is 1150. The molecule has 0 aliphatic heterocycles. The van der Waals surface area contributed by atoms with Crippen LogP contribution in [0.5, 0.6) is 0 Å². The van der Waals surface area contributed by atoms with Gasteiger partial charge in [-0.15, -0.1) is 23.1 Å². The Balaban J connectivity index is 1.60. The highest BCUT2D eigenvalue weighted by atomic mass is 32.2. The van der Waals surface area contributed by atoms with E-state index in [1.54, 1.807) is 31.2 Å². The van der Waals surface area contributed by atoms with Crippen molar-refractivity contribution in [2.75, 3.05) is 10.6 Å². The number of carbonyl (C=O) groups is 3. The predicted octanol–water partition coefficient (Wildman–Crippen LogP) is 4.83. The number of hydrogen-bond donors (Lipinski definition) is 3. The molecule has 3 N–H and O–H groups in total. The van der Waals surface area contributed by atoms with Gasteiger partial charge >= 0.3 is 5.97 Å². The SMILES string of the molecule is C/C(=C/C(=O)Nc1ccc(S[C@H](C)C(=O)Nc2sc3c(c2C#N)CC[C@@H](C)C3)cc1)C(=O)O. The van der Waals surface area contributed by atoms with Gasteiger partial charge in [-0.25, -0.2) is 4.79 Å². The van der Waals surface area contributed by atoms with Gasteiger partial charge in [0.25, 0.3) is 0 Å². The topological polar surface area (TPSA) is 119 Å². The maximum Gasteiger partial charge on any atom is 0.331 e. The Morgan fingerprint density at radius 1 is 1.27 bits per heavy atom. The van der Waals surface area contributed by atoms with Gasteiger partial charge in [-0.3, -0.25) is 9.59 Å². The first-order chi connectivity index (χ1) is 15.7. The van der Waals surface area contributed by atoms with E-state index >= 15 is 0 Å². The molecule has 2 amide bonds. The molecule has 3 rings (SSSR count). The van der Waals surface area contributed by atoms with Gasteiger partial charge in [0.2, 0.25) is 11.8 Å². The molecule has 172 valence electrons. The quantitative estimate of drug-likeness (QED) is 0.383. The molecule has 9 heteroatoms. The minimum Gasteiger partial charge on any atom is -0.478 e. The molecule has 0 saturated heterocycles. The summed E-state index contributed by atoms with van der Waals surface area (Å²) in [7, 11) is 0. The van der Waals surface area contributed by atoms with Gasteiger partial charge in [0.1, 0.15) is 11.1 Å². The molecule has 33 heavy (non-hydrogen) atoms. The van der Waals surface area contributed by atoms with Crippen LogP contribution >= 0.6 is 23.1 Å². The zero-order chi connectivity index (χ0) is 24.1. The fourth-order valence-electron chi connectivity index (χ4n) is 3.48. The van der Waals surface area contributed by atoms with Gasteiger partial charge in [0.15, 0.2) is 0 Å². The van der Waals surface area contributed by atoms with E-state index < -0.39 is 17.1 Å². The molecule has 2 atom stereocenters. The number of thiophene rings is 1. The van der Waals surface area contributed by atoms with Gasteiger partial charge in [-0.2, -0.15) is 5.26 Å². The summed E-state index contributed by atoms with van der Waals surface area (Å²) in [4.78, 5) is 37.5. The van der Waals surface area contributed by atoms with Crippen molar-refractivity contribution in [3.8, 4) is 6.07 Å². The lowest BCUT2D eigenvalue weighted by Crippen LogP contribution is -2.22. The Morgan fingerprint density at radius 2 is 1.97 bits per heavy atom. The second-order valence-corrected chi connectivity index (χ2v) is 10.6. The number of nitrogens with zero attached hydrogens (tertiary/aromatic N) is 1. The standard InChI is InChI=1S/C24H25N3O4S2/c1-13-4-9-18-19(12-25)23(33-20(18)10-13)27-22(29)15(3)32-17-7-5-16(6-8-17)26-21(28)11-14(2)24(30)31/h5-8,11,13,15H,4,9-10H2,1-3H3,(H,26,28)(H,27,29)(H,30,31)/b14-11-/t13-,15-/m1/s1.